The zero-order chi connectivity index (χ0) is 20.6. The summed E-state index contributed by atoms with van der Waals surface area (Å²) in [5.74, 6) is 3.96. The number of rotatable bonds is 8. The van der Waals surface area contributed by atoms with E-state index in [2.05, 4.69) is 29.3 Å². The molecule has 29 heavy (non-hydrogen) atoms. The van der Waals surface area contributed by atoms with Crippen LogP contribution in [0.5, 0.6) is 11.5 Å². The van der Waals surface area contributed by atoms with E-state index in [0.717, 1.165) is 47.9 Å². The largest absolute Gasteiger partial charge is 0.497 e. The molecule has 0 atom stereocenters. The lowest BCUT2D eigenvalue weighted by molar-refractivity contribution is -0.116. The Labute approximate surface area is 177 Å². The predicted molar refractivity (Wildman–Crippen MR) is 120 cm³/mol. The molecule has 6 heteroatoms. The molecule has 1 saturated heterocycles. The van der Waals surface area contributed by atoms with Crippen molar-refractivity contribution in [2.45, 2.75) is 26.3 Å². The minimum absolute atomic E-state index is 0.00113. The standard InChI is InChI=1S/C23H30N2O3S/c1-17-14-18(16-25-10-12-29-13-11-25)4-7-21(17)24-23(26)9-5-19-15-20(27-2)6-8-22(19)28-3/h4,6-8,14-15H,5,9-13,16H2,1-3H3,(H,24,26). The van der Waals surface area contributed by atoms with Crippen LogP contribution in [0.3, 0.4) is 0 Å². The number of carbonyl (C=O) groups excluding carboxylic acids is 1. The first-order chi connectivity index (χ1) is 14.1. The molecule has 156 valence electrons. The molecule has 2 aromatic rings. The number of thioether (sulfide) groups is 1. The summed E-state index contributed by atoms with van der Waals surface area (Å²) in [6.07, 6.45) is 0.979. The Hall–Kier alpha value is -2.18. The van der Waals surface area contributed by atoms with Crippen LogP contribution in [-0.4, -0.2) is 49.6 Å². The van der Waals surface area contributed by atoms with E-state index in [4.69, 9.17) is 9.47 Å². The summed E-state index contributed by atoms with van der Waals surface area (Å²) in [6, 6.07) is 12.0. The topological polar surface area (TPSA) is 50.8 Å². The molecule has 5 nitrogen and oxygen atoms in total. The molecule has 0 aromatic heterocycles. The molecule has 0 bridgehead atoms. The van der Waals surface area contributed by atoms with Crippen molar-refractivity contribution in [3.05, 3.63) is 53.1 Å². The summed E-state index contributed by atoms with van der Waals surface area (Å²) >= 11 is 2.02. The maximum atomic E-state index is 12.5. The number of nitrogens with zero attached hydrogens (tertiary/aromatic N) is 1. The second-order valence-corrected chi connectivity index (χ2v) is 8.49. The zero-order valence-corrected chi connectivity index (χ0v) is 18.3. The fourth-order valence-corrected chi connectivity index (χ4v) is 4.50. The Bertz CT molecular complexity index is 835. The van der Waals surface area contributed by atoms with Crippen molar-refractivity contribution >= 4 is 23.4 Å². The Balaban J connectivity index is 1.56. The van der Waals surface area contributed by atoms with Crippen LogP contribution in [0.2, 0.25) is 0 Å². The Morgan fingerprint density at radius 3 is 2.59 bits per heavy atom. The number of methoxy groups -OCH3 is 2. The number of amides is 1. The molecule has 1 aliphatic heterocycles. The summed E-state index contributed by atoms with van der Waals surface area (Å²) in [7, 11) is 3.27. The summed E-state index contributed by atoms with van der Waals surface area (Å²) in [4.78, 5) is 15.0. The number of carbonyl (C=O) groups is 1. The van der Waals surface area contributed by atoms with Crippen LogP contribution in [0.1, 0.15) is 23.1 Å². The van der Waals surface area contributed by atoms with E-state index in [1.807, 2.05) is 36.0 Å². The van der Waals surface area contributed by atoms with Gasteiger partial charge in [-0.25, -0.2) is 0 Å². The van der Waals surface area contributed by atoms with Crippen LogP contribution in [0.15, 0.2) is 36.4 Å². The number of benzene rings is 2. The van der Waals surface area contributed by atoms with E-state index in [0.29, 0.717) is 12.8 Å². The highest BCUT2D eigenvalue weighted by Gasteiger charge is 2.13. The Morgan fingerprint density at radius 1 is 1.10 bits per heavy atom. The third-order valence-electron chi connectivity index (χ3n) is 5.18. The van der Waals surface area contributed by atoms with E-state index < -0.39 is 0 Å². The Kier molecular flexibility index (Phi) is 7.83. The number of aryl methyl sites for hydroxylation is 2. The molecule has 2 aromatic carbocycles. The predicted octanol–water partition coefficient (Wildman–Crippen LogP) is 4.13. The lowest BCUT2D eigenvalue weighted by atomic mass is 10.1. The highest BCUT2D eigenvalue weighted by atomic mass is 32.2. The summed E-state index contributed by atoms with van der Waals surface area (Å²) in [6.45, 7) is 5.33. The highest BCUT2D eigenvalue weighted by Crippen LogP contribution is 2.25. The summed E-state index contributed by atoms with van der Waals surface area (Å²) in [5, 5.41) is 3.05. The maximum Gasteiger partial charge on any atom is 0.224 e. The van der Waals surface area contributed by atoms with Crippen molar-refractivity contribution in [2.24, 2.45) is 0 Å². The smallest absolute Gasteiger partial charge is 0.224 e. The van der Waals surface area contributed by atoms with Gasteiger partial charge in [0.2, 0.25) is 5.91 Å². The van der Waals surface area contributed by atoms with Gasteiger partial charge in [0.15, 0.2) is 0 Å². The maximum absolute atomic E-state index is 12.5. The summed E-state index contributed by atoms with van der Waals surface area (Å²) < 4.78 is 10.7. The average molecular weight is 415 g/mol. The first-order valence-corrected chi connectivity index (χ1v) is 11.1. The second-order valence-electron chi connectivity index (χ2n) is 7.26. The van der Waals surface area contributed by atoms with Gasteiger partial charge in [0, 0.05) is 43.2 Å². The van der Waals surface area contributed by atoms with Crippen molar-refractivity contribution in [2.75, 3.05) is 44.1 Å². The molecule has 1 amide bonds. The van der Waals surface area contributed by atoms with Gasteiger partial charge >= 0.3 is 0 Å². The summed E-state index contributed by atoms with van der Waals surface area (Å²) in [5.41, 5.74) is 4.24. The number of hydrogen-bond donors (Lipinski definition) is 1. The van der Waals surface area contributed by atoms with Crippen LogP contribution >= 0.6 is 11.8 Å². The van der Waals surface area contributed by atoms with Gasteiger partial charge in [-0.15, -0.1) is 0 Å². The van der Waals surface area contributed by atoms with Crippen molar-refractivity contribution in [1.29, 1.82) is 0 Å². The molecule has 3 rings (SSSR count). The van der Waals surface area contributed by atoms with Gasteiger partial charge in [-0.05, 0) is 54.3 Å². The second kappa shape index (κ2) is 10.6. The normalized spacial score (nSPS) is 14.4. The first-order valence-electron chi connectivity index (χ1n) is 9.99. The SMILES string of the molecule is COc1ccc(OC)c(CCC(=O)Nc2ccc(CN3CCSCC3)cc2C)c1. The van der Waals surface area contributed by atoms with Crippen LogP contribution in [0.4, 0.5) is 5.69 Å². The van der Waals surface area contributed by atoms with Gasteiger partial charge in [-0.3, -0.25) is 9.69 Å². The molecule has 0 unspecified atom stereocenters. The van der Waals surface area contributed by atoms with Gasteiger partial charge in [-0.1, -0.05) is 12.1 Å². The van der Waals surface area contributed by atoms with Crippen molar-refractivity contribution < 1.29 is 14.3 Å². The zero-order valence-electron chi connectivity index (χ0n) is 17.5. The molecule has 1 N–H and O–H groups in total. The fraction of sp³-hybridized carbons (Fsp3) is 0.435. The lowest BCUT2D eigenvalue weighted by Gasteiger charge is -2.26. The average Bonchev–Trinajstić information content (AvgIpc) is 2.74. The van der Waals surface area contributed by atoms with Crippen LogP contribution in [0.25, 0.3) is 0 Å². The molecule has 0 radical (unpaired) electrons. The quantitative estimate of drug-likeness (QED) is 0.704. The fourth-order valence-electron chi connectivity index (χ4n) is 3.52. The van der Waals surface area contributed by atoms with Crippen LogP contribution < -0.4 is 14.8 Å². The van der Waals surface area contributed by atoms with Gasteiger partial charge < -0.3 is 14.8 Å². The molecular weight excluding hydrogens is 384 g/mol. The number of nitrogens with one attached hydrogen (secondary N) is 1. The minimum Gasteiger partial charge on any atom is -0.497 e. The molecule has 0 saturated carbocycles. The molecule has 0 aliphatic carbocycles. The number of hydrogen-bond acceptors (Lipinski definition) is 5. The monoisotopic (exact) mass is 414 g/mol. The highest BCUT2D eigenvalue weighted by molar-refractivity contribution is 7.99. The van der Waals surface area contributed by atoms with Gasteiger partial charge in [0.1, 0.15) is 11.5 Å². The van der Waals surface area contributed by atoms with Crippen LogP contribution in [0, 0.1) is 6.92 Å². The Morgan fingerprint density at radius 2 is 1.90 bits per heavy atom. The molecular formula is C23H30N2O3S. The molecule has 1 aliphatic rings. The molecule has 0 spiro atoms. The van der Waals surface area contributed by atoms with Crippen LogP contribution in [-0.2, 0) is 17.8 Å². The van der Waals surface area contributed by atoms with Gasteiger partial charge in [-0.2, -0.15) is 11.8 Å². The van der Waals surface area contributed by atoms with Crippen molar-refractivity contribution in [3.8, 4) is 11.5 Å². The van der Waals surface area contributed by atoms with E-state index in [9.17, 15) is 4.79 Å². The van der Waals surface area contributed by atoms with E-state index >= 15 is 0 Å². The van der Waals surface area contributed by atoms with E-state index in [1.165, 1.54) is 17.1 Å². The number of anilines is 1. The van der Waals surface area contributed by atoms with Crippen molar-refractivity contribution in [3.63, 3.8) is 0 Å². The van der Waals surface area contributed by atoms with Gasteiger partial charge in [0.25, 0.3) is 0 Å². The first kappa shape index (κ1) is 21.5. The van der Waals surface area contributed by atoms with Gasteiger partial charge in [0.05, 0.1) is 14.2 Å². The van der Waals surface area contributed by atoms with Crippen molar-refractivity contribution in [1.82, 2.24) is 4.90 Å². The molecule has 1 fully saturated rings. The number of ether oxygens (including phenoxy) is 2. The lowest BCUT2D eigenvalue weighted by Crippen LogP contribution is -2.31. The van der Waals surface area contributed by atoms with E-state index in [-0.39, 0.29) is 5.91 Å². The van der Waals surface area contributed by atoms with E-state index in [1.54, 1.807) is 14.2 Å². The minimum atomic E-state index is -0.00113. The third kappa shape index (κ3) is 6.15. The molecule has 1 heterocycles. The third-order valence-corrected chi connectivity index (χ3v) is 6.13.